The quantitative estimate of drug-likeness (QED) is 0.914. The Morgan fingerprint density at radius 3 is 2.67 bits per heavy atom. The molecule has 0 bridgehead atoms. The number of carboxylic acids is 1. The highest BCUT2D eigenvalue weighted by Gasteiger charge is 2.33. The van der Waals surface area contributed by atoms with Crippen LogP contribution >= 0.6 is 0 Å². The number of carboxylic acid groups (broad SMARTS) is 1. The van der Waals surface area contributed by atoms with Crippen molar-refractivity contribution in [2.75, 3.05) is 20.2 Å². The van der Waals surface area contributed by atoms with Gasteiger partial charge in [-0.05, 0) is 31.4 Å². The average Bonchev–Trinajstić information content (AvgIpc) is 2.61. The minimum absolute atomic E-state index is 0.00316. The van der Waals surface area contributed by atoms with Crippen molar-refractivity contribution in [1.29, 1.82) is 0 Å². The van der Waals surface area contributed by atoms with E-state index in [4.69, 9.17) is 14.6 Å². The van der Waals surface area contributed by atoms with Gasteiger partial charge in [-0.15, -0.1) is 0 Å². The molecule has 1 aromatic carbocycles. The summed E-state index contributed by atoms with van der Waals surface area (Å²) < 4.78 is 11.6. The third-order valence-electron chi connectivity index (χ3n) is 4.79. The molecule has 1 aliphatic carbocycles. The van der Waals surface area contributed by atoms with Gasteiger partial charge in [0.25, 0.3) is 0 Å². The minimum Gasteiger partial charge on any atom is -0.486 e. The van der Waals surface area contributed by atoms with Crippen LogP contribution in [0.1, 0.15) is 25.7 Å². The second-order valence-electron chi connectivity index (χ2n) is 6.62. The zero-order valence-electron chi connectivity index (χ0n) is 13.8. The topological polar surface area (TPSA) is 76.1 Å². The summed E-state index contributed by atoms with van der Waals surface area (Å²) in [5.41, 5.74) is 0. The molecule has 1 amide bonds. The lowest BCUT2D eigenvalue weighted by Crippen LogP contribution is -2.44. The van der Waals surface area contributed by atoms with Crippen molar-refractivity contribution in [1.82, 2.24) is 4.90 Å². The van der Waals surface area contributed by atoms with Crippen LogP contribution in [-0.4, -0.2) is 48.2 Å². The molecular formula is C18H23NO5. The molecule has 3 atom stereocenters. The van der Waals surface area contributed by atoms with E-state index in [-0.39, 0.29) is 17.9 Å². The largest absolute Gasteiger partial charge is 0.486 e. The normalized spacial score (nSPS) is 25.8. The van der Waals surface area contributed by atoms with Crippen molar-refractivity contribution in [2.45, 2.75) is 31.8 Å². The molecule has 0 radical (unpaired) electrons. The number of amides is 1. The fourth-order valence-corrected chi connectivity index (χ4v) is 3.50. The van der Waals surface area contributed by atoms with E-state index >= 15 is 0 Å². The smallest absolute Gasteiger partial charge is 0.306 e. The summed E-state index contributed by atoms with van der Waals surface area (Å²) in [6.07, 6.45) is 2.44. The first-order valence-electron chi connectivity index (χ1n) is 8.41. The summed E-state index contributed by atoms with van der Waals surface area (Å²) in [4.78, 5) is 25.4. The Labute approximate surface area is 141 Å². The van der Waals surface area contributed by atoms with Gasteiger partial charge in [-0.25, -0.2) is 0 Å². The van der Waals surface area contributed by atoms with Crippen LogP contribution in [0.5, 0.6) is 11.5 Å². The number of hydrogen-bond donors (Lipinski definition) is 1. The highest BCUT2D eigenvalue weighted by Crippen LogP contribution is 2.32. The van der Waals surface area contributed by atoms with E-state index in [1.165, 1.54) is 0 Å². The van der Waals surface area contributed by atoms with Gasteiger partial charge in [0, 0.05) is 13.0 Å². The molecule has 130 valence electrons. The molecule has 1 aliphatic heterocycles. The molecule has 1 N–H and O–H groups in total. The van der Waals surface area contributed by atoms with E-state index in [1.807, 2.05) is 24.3 Å². The van der Waals surface area contributed by atoms with Crippen LogP contribution in [-0.2, 0) is 9.59 Å². The van der Waals surface area contributed by atoms with E-state index in [1.54, 1.807) is 11.9 Å². The van der Waals surface area contributed by atoms with Crippen molar-refractivity contribution in [3.8, 4) is 11.5 Å². The summed E-state index contributed by atoms with van der Waals surface area (Å²) in [6, 6.07) is 7.48. The molecule has 24 heavy (non-hydrogen) atoms. The van der Waals surface area contributed by atoms with Crippen LogP contribution in [0.15, 0.2) is 24.3 Å². The fourth-order valence-electron chi connectivity index (χ4n) is 3.50. The molecule has 2 aliphatic rings. The molecule has 3 unspecified atom stereocenters. The van der Waals surface area contributed by atoms with Gasteiger partial charge in [-0.2, -0.15) is 0 Å². The summed E-state index contributed by atoms with van der Waals surface area (Å²) >= 11 is 0. The molecule has 6 heteroatoms. The molecule has 1 heterocycles. The SMILES string of the molecule is CN(CC1COc2ccccc2O1)C(=O)C1CCCC(C(=O)O)C1. The van der Waals surface area contributed by atoms with Crippen LogP contribution in [0.3, 0.4) is 0 Å². The second kappa shape index (κ2) is 7.11. The number of fused-ring (bicyclic) bond motifs is 1. The van der Waals surface area contributed by atoms with Gasteiger partial charge < -0.3 is 19.5 Å². The van der Waals surface area contributed by atoms with Crippen molar-refractivity contribution in [2.24, 2.45) is 11.8 Å². The monoisotopic (exact) mass is 333 g/mol. The van der Waals surface area contributed by atoms with E-state index in [2.05, 4.69) is 0 Å². The summed E-state index contributed by atoms with van der Waals surface area (Å²) in [5, 5.41) is 9.17. The lowest BCUT2D eigenvalue weighted by atomic mass is 9.81. The fraction of sp³-hybridized carbons (Fsp3) is 0.556. The van der Waals surface area contributed by atoms with Crippen LogP contribution in [0.4, 0.5) is 0 Å². The lowest BCUT2D eigenvalue weighted by Gasteiger charge is -2.33. The van der Waals surface area contributed by atoms with Crippen LogP contribution in [0.2, 0.25) is 0 Å². The first kappa shape index (κ1) is 16.6. The number of benzene rings is 1. The van der Waals surface area contributed by atoms with Crippen molar-refractivity contribution >= 4 is 11.9 Å². The molecule has 6 nitrogen and oxygen atoms in total. The Kier molecular flexibility index (Phi) is 4.92. The Morgan fingerprint density at radius 2 is 1.92 bits per heavy atom. The summed E-state index contributed by atoms with van der Waals surface area (Å²) in [7, 11) is 1.75. The van der Waals surface area contributed by atoms with Crippen molar-refractivity contribution in [3.63, 3.8) is 0 Å². The van der Waals surface area contributed by atoms with Gasteiger partial charge >= 0.3 is 5.97 Å². The van der Waals surface area contributed by atoms with Gasteiger partial charge in [-0.3, -0.25) is 9.59 Å². The standard InChI is InChI=1S/C18H23NO5/c1-19(17(20)12-5-4-6-13(9-12)18(21)22)10-14-11-23-15-7-2-3-8-16(15)24-14/h2-3,7-8,12-14H,4-6,9-11H2,1H3,(H,21,22). The highest BCUT2D eigenvalue weighted by molar-refractivity contribution is 5.80. The lowest BCUT2D eigenvalue weighted by molar-refractivity contribution is -0.145. The predicted molar refractivity (Wildman–Crippen MR) is 87.1 cm³/mol. The van der Waals surface area contributed by atoms with Gasteiger partial charge in [0.2, 0.25) is 5.91 Å². The summed E-state index contributed by atoms with van der Waals surface area (Å²) in [5.74, 6) is 0.0144. The number of ether oxygens (including phenoxy) is 2. The number of carbonyl (C=O) groups is 2. The average molecular weight is 333 g/mol. The maximum Gasteiger partial charge on any atom is 0.306 e. The molecule has 1 aromatic rings. The molecule has 0 aromatic heterocycles. The van der Waals surface area contributed by atoms with Crippen LogP contribution < -0.4 is 9.47 Å². The van der Waals surface area contributed by atoms with Crippen molar-refractivity contribution in [3.05, 3.63) is 24.3 Å². The van der Waals surface area contributed by atoms with E-state index in [9.17, 15) is 9.59 Å². The number of para-hydroxylation sites is 2. The van der Waals surface area contributed by atoms with E-state index in [0.29, 0.717) is 31.7 Å². The molecule has 1 saturated carbocycles. The number of carbonyl (C=O) groups excluding carboxylic acids is 1. The predicted octanol–water partition coefficient (Wildman–Crippen LogP) is 2.18. The van der Waals surface area contributed by atoms with Crippen LogP contribution in [0.25, 0.3) is 0 Å². The molecule has 0 spiro atoms. The van der Waals surface area contributed by atoms with Gasteiger partial charge in [0.05, 0.1) is 12.5 Å². The van der Waals surface area contributed by atoms with E-state index in [0.717, 1.165) is 18.6 Å². The molecular weight excluding hydrogens is 310 g/mol. The molecule has 1 fully saturated rings. The zero-order chi connectivity index (χ0) is 17.1. The maximum absolute atomic E-state index is 12.6. The first-order valence-corrected chi connectivity index (χ1v) is 8.41. The molecule has 0 saturated heterocycles. The Balaban J connectivity index is 1.56. The highest BCUT2D eigenvalue weighted by atomic mass is 16.6. The third-order valence-corrected chi connectivity index (χ3v) is 4.79. The zero-order valence-corrected chi connectivity index (χ0v) is 13.8. The number of nitrogens with zero attached hydrogens (tertiary/aromatic N) is 1. The Morgan fingerprint density at radius 1 is 1.21 bits per heavy atom. The van der Waals surface area contributed by atoms with E-state index < -0.39 is 11.9 Å². The van der Waals surface area contributed by atoms with Gasteiger partial charge in [0.15, 0.2) is 17.6 Å². The maximum atomic E-state index is 12.6. The number of aliphatic carboxylic acids is 1. The van der Waals surface area contributed by atoms with Gasteiger partial charge in [-0.1, -0.05) is 18.6 Å². The number of likely N-dealkylation sites (N-methyl/N-ethyl adjacent to an activating group) is 1. The Hall–Kier alpha value is -2.24. The van der Waals surface area contributed by atoms with Crippen molar-refractivity contribution < 1.29 is 24.2 Å². The number of hydrogen-bond acceptors (Lipinski definition) is 4. The first-order chi connectivity index (χ1) is 11.5. The molecule has 3 rings (SSSR count). The minimum atomic E-state index is -0.796. The van der Waals surface area contributed by atoms with Crippen LogP contribution in [0, 0.1) is 11.8 Å². The summed E-state index contributed by atoms with van der Waals surface area (Å²) in [6.45, 7) is 0.832. The van der Waals surface area contributed by atoms with Gasteiger partial charge in [0.1, 0.15) is 6.61 Å². The third kappa shape index (κ3) is 3.63. The Bertz CT molecular complexity index is 617. The number of rotatable bonds is 4. The second-order valence-corrected chi connectivity index (χ2v) is 6.62.